The normalized spacial score (nSPS) is 24.2. The molecule has 10 heteroatoms. The molecule has 9 nitrogen and oxygen atoms in total. The first-order chi connectivity index (χ1) is 13.1. The zero-order valence-corrected chi connectivity index (χ0v) is 16.9. The third kappa shape index (κ3) is 5.27. The SMILES string of the molecule is C[C@@H]1CC[C@H](N(C(=O)CC[C@H](C)C(N)=O)S(=O)(=O)c2ccccn2)[C@@H](O)CN1. The number of nitrogens with one attached hydrogen (secondary N) is 1. The maximum Gasteiger partial charge on any atom is 0.284 e. The van der Waals surface area contributed by atoms with Crippen molar-refractivity contribution in [2.45, 2.75) is 62.7 Å². The molecule has 1 saturated heterocycles. The van der Waals surface area contributed by atoms with E-state index in [1.165, 1.54) is 18.3 Å². The number of nitrogens with zero attached hydrogens (tertiary/aromatic N) is 2. The molecule has 0 aromatic carbocycles. The second-order valence-electron chi connectivity index (χ2n) is 7.23. The Morgan fingerprint density at radius 1 is 1.39 bits per heavy atom. The van der Waals surface area contributed by atoms with Crippen molar-refractivity contribution in [1.82, 2.24) is 14.6 Å². The number of pyridine rings is 1. The van der Waals surface area contributed by atoms with Crippen molar-refractivity contribution in [2.24, 2.45) is 11.7 Å². The van der Waals surface area contributed by atoms with E-state index in [4.69, 9.17) is 5.73 Å². The molecule has 4 N–H and O–H groups in total. The van der Waals surface area contributed by atoms with E-state index in [0.717, 1.165) is 4.31 Å². The van der Waals surface area contributed by atoms with E-state index in [1.807, 2.05) is 6.92 Å². The summed E-state index contributed by atoms with van der Waals surface area (Å²) in [5.74, 6) is -1.80. The summed E-state index contributed by atoms with van der Waals surface area (Å²) in [6, 6.07) is 3.58. The first kappa shape index (κ1) is 22.3. The molecule has 2 rings (SSSR count). The van der Waals surface area contributed by atoms with Gasteiger partial charge in [-0.25, -0.2) is 9.29 Å². The van der Waals surface area contributed by atoms with Crippen molar-refractivity contribution in [3.05, 3.63) is 24.4 Å². The van der Waals surface area contributed by atoms with Gasteiger partial charge in [0.25, 0.3) is 10.0 Å². The van der Waals surface area contributed by atoms with Gasteiger partial charge in [-0.2, -0.15) is 8.42 Å². The zero-order valence-electron chi connectivity index (χ0n) is 16.1. The van der Waals surface area contributed by atoms with Crippen molar-refractivity contribution >= 4 is 21.8 Å². The number of aliphatic hydroxyl groups is 1. The molecule has 0 unspecified atom stereocenters. The predicted octanol–water partition coefficient (Wildman–Crippen LogP) is 0.00190. The quantitative estimate of drug-likeness (QED) is 0.572. The minimum atomic E-state index is -4.27. The molecule has 28 heavy (non-hydrogen) atoms. The first-order valence-electron chi connectivity index (χ1n) is 9.33. The molecule has 1 aromatic rings. The highest BCUT2D eigenvalue weighted by Gasteiger charge is 2.40. The lowest BCUT2D eigenvalue weighted by molar-refractivity contribution is -0.130. The number of carbonyl (C=O) groups excluding carboxylic acids is 2. The number of primary amides is 1. The Labute approximate surface area is 165 Å². The van der Waals surface area contributed by atoms with Crippen molar-refractivity contribution < 1.29 is 23.1 Å². The van der Waals surface area contributed by atoms with Gasteiger partial charge in [0, 0.05) is 31.1 Å². The monoisotopic (exact) mass is 412 g/mol. The number of hydrogen-bond acceptors (Lipinski definition) is 7. The summed E-state index contributed by atoms with van der Waals surface area (Å²) in [6.07, 6.45) is 1.14. The molecular weight excluding hydrogens is 384 g/mol. The van der Waals surface area contributed by atoms with Crippen molar-refractivity contribution in [1.29, 1.82) is 0 Å². The van der Waals surface area contributed by atoms with Gasteiger partial charge in [-0.05, 0) is 38.3 Å². The maximum absolute atomic E-state index is 13.2. The number of aliphatic hydroxyl groups excluding tert-OH is 1. The molecule has 2 amide bonds. The number of sulfonamides is 1. The second-order valence-corrected chi connectivity index (χ2v) is 8.99. The summed E-state index contributed by atoms with van der Waals surface area (Å²) in [5.41, 5.74) is 5.24. The largest absolute Gasteiger partial charge is 0.390 e. The van der Waals surface area contributed by atoms with E-state index in [2.05, 4.69) is 10.3 Å². The van der Waals surface area contributed by atoms with Crippen LogP contribution in [0.25, 0.3) is 0 Å². The standard InChI is InChI=1S/C18H28N4O5S/c1-12(18(19)25)6-9-17(24)22(14-8-7-13(2)21-11-15(14)23)28(26,27)16-5-3-4-10-20-16/h3-5,10,12-15,21,23H,6-9,11H2,1-2H3,(H2,19,25)/t12-,13+,14-,15-/m0/s1. The number of rotatable bonds is 7. The molecule has 1 aromatic heterocycles. The molecular formula is C18H28N4O5S. The van der Waals surface area contributed by atoms with E-state index in [9.17, 15) is 23.1 Å². The highest BCUT2D eigenvalue weighted by molar-refractivity contribution is 7.89. The van der Waals surface area contributed by atoms with Crippen LogP contribution in [-0.2, 0) is 19.6 Å². The Kier molecular flexibility index (Phi) is 7.50. The molecule has 2 heterocycles. The van der Waals surface area contributed by atoms with Gasteiger partial charge in [0.1, 0.15) is 0 Å². The van der Waals surface area contributed by atoms with Gasteiger partial charge in [0.2, 0.25) is 11.8 Å². The van der Waals surface area contributed by atoms with Crippen LogP contribution in [0.5, 0.6) is 0 Å². The van der Waals surface area contributed by atoms with Gasteiger partial charge in [-0.3, -0.25) is 9.59 Å². The first-order valence-corrected chi connectivity index (χ1v) is 10.8. The average molecular weight is 413 g/mol. The molecule has 0 spiro atoms. The fourth-order valence-corrected chi connectivity index (χ4v) is 4.74. The number of carbonyl (C=O) groups is 2. The summed E-state index contributed by atoms with van der Waals surface area (Å²) in [7, 11) is -4.27. The summed E-state index contributed by atoms with van der Waals surface area (Å²) >= 11 is 0. The van der Waals surface area contributed by atoms with E-state index >= 15 is 0 Å². The predicted molar refractivity (Wildman–Crippen MR) is 102 cm³/mol. The van der Waals surface area contributed by atoms with E-state index < -0.39 is 39.9 Å². The maximum atomic E-state index is 13.2. The molecule has 4 atom stereocenters. The van der Waals surface area contributed by atoms with Crippen LogP contribution < -0.4 is 11.1 Å². The van der Waals surface area contributed by atoms with Gasteiger partial charge in [0.15, 0.2) is 5.03 Å². The van der Waals surface area contributed by atoms with Crippen molar-refractivity contribution in [2.75, 3.05) is 6.54 Å². The van der Waals surface area contributed by atoms with Crippen LogP contribution >= 0.6 is 0 Å². The summed E-state index contributed by atoms with van der Waals surface area (Å²) in [4.78, 5) is 28.1. The minimum absolute atomic E-state index is 0.0871. The zero-order chi connectivity index (χ0) is 20.9. The van der Waals surface area contributed by atoms with Gasteiger partial charge >= 0.3 is 0 Å². The van der Waals surface area contributed by atoms with Crippen LogP contribution in [-0.4, -0.2) is 59.4 Å². The van der Waals surface area contributed by atoms with Gasteiger partial charge in [0.05, 0.1) is 12.1 Å². The lowest BCUT2D eigenvalue weighted by Gasteiger charge is -2.33. The third-order valence-electron chi connectivity index (χ3n) is 5.00. The van der Waals surface area contributed by atoms with Crippen molar-refractivity contribution in [3.8, 4) is 0 Å². The fraction of sp³-hybridized carbons (Fsp3) is 0.611. The average Bonchev–Trinajstić information content (AvgIpc) is 2.82. The molecule has 0 bridgehead atoms. The number of amides is 2. The number of hydrogen-bond donors (Lipinski definition) is 3. The number of nitrogens with two attached hydrogens (primary N) is 1. The van der Waals surface area contributed by atoms with Gasteiger partial charge < -0.3 is 16.2 Å². The van der Waals surface area contributed by atoms with Gasteiger partial charge in [-0.1, -0.05) is 13.0 Å². The third-order valence-corrected chi connectivity index (χ3v) is 6.76. The highest BCUT2D eigenvalue weighted by Crippen LogP contribution is 2.25. The van der Waals surface area contributed by atoms with E-state index in [0.29, 0.717) is 12.8 Å². The number of aromatic nitrogens is 1. The van der Waals surface area contributed by atoms with E-state index in [-0.39, 0.29) is 30.5 Å². The Bertz CT molecular complexity index is 786. The molecule has 1 aliphatic heterocycles. The molecule has 1 aliphatic rings. The Morgan fingerprint density at radius 2 is 2.11 bits per heavy atom. The molecule has 156 valence electrons. The Balaban J connectivity index is 2.37. The van der Waals surface area contributed by atoms with Crippen LogP contribution in [0.2, 0.25) is 0 Å². The fourth-order valence-electron chi connectivity index (χ4n) is 3.14. The van der Waals surface area contributed by atoms with Gasteiger partial charge in [-0.15, -0.1) is 0 Å². The van der Waals surface area contributed by atoms with E-state index in [1.54, 1.807) is 13.0 Å². The molecule has 0 aliphatic carbocycles. The molecule has 1 fully saturated rings. The second kappa shape index (κ2) is 9.44. The molecule has 0 radical (unpaired) electrons. The minimum Gasteiger partial charge on any atom is -0.390 e. The summed E-state index contributed by atoms with van der Waals surface area (Å²) < 4.78 is 27.2. The van der Waals surface area contributed by atoms with Crippen LogP contribution in [0.15, 0.2) is 29.4 Å². The van der Waals surface area contributed by atoms with Crippen LogP contribution in [0.4, 0.5) is 0 Å². The summed E-state index contributed by atoms with van der Waals surface area (Å²) in [6.45, 7) is 3.69. The molecule has 0 saturated carbocycles. The Morgan fingerprint density at radius 3 is 2.71 bits per heavy atom. The topological polar surface area (TPSA) is 143 Å². The van der Waals surface area contributed by atoms with Crippen LogP contribution in [0.3, 0.4) is 0 Å². The highest BCUT2D eigenvalue weighted by atomic mass is 32.2. The van der Waals surface area contributed by atoms with Crippen molar-refractivity contribution in [3.63, 3.8) is 0 Å². The number of β-amino-alcohol motifs (C(OH)–C–C–N with tert-alkyl or cyclic N) is 1. The van der Waals surface area contributed by atoms with Crippen LogP contribution in [0.1, 0.15) is 39.5 Å². The lowest BCUT2D eigenvalue weighted by Crippen LogP contribution is -2.51. The lowest BCUT2D eigenvalue weighted by atomic mass is 10.0. The Hall–Kier alpha value is -2.04. The van der Waals surface area contributed by atoms with Crippen LogP contribution in [0, 0.1) is 5.92 Å². The summed E-state index contributed by atoms with van der Waals surface area (Å²) in [5, 5.41) is 13.4. The smallest absolute Gasteiger partial charge is 0.284 e.